The number of hydrogen-bond donors (Lipinski definition) is 1. The molecular weight excluding hydrogens is 698 g/mol. The van der Waals surface area contributed by atoms with Crippen molar-refractivity contribution in [2.24, 2.45) is 5.92 Å². The monoisotopic (exact) mass is 749 g/mol. The van der Waals surface area contributed by atoms with Gasteiger partial charge in [-0.25, -0.2) is 17.6 Å². The molecule has 13 heteroatoms. The van der Waals surface area contributed by atoms with Crippen molar-refractivity contribution in [1.29, 1.82) is 0 Å². The van der Waals surface area contributed by atoms with Crippen LogP contribution >= 0.6 is 0 Å². The van der Waals surface area contributed by atoms with E-state index in [2.05, 4.69) is 15.2 Å². The number of sulfonamides is 1. The van der Waals surface area contributed by atoms with Crippen LogP contribution in [0, 0.1) is 11.7 Å². The molecule has 1 N–H and O–H groups in total. The number of carbonyl (C=O) groups is 2. The van der Waals surface area contributed by atoms with Crippen LogP contribution in [0.2, 0.25) is 0 Å². The standard InChI is InChI=1S/C40H52FN5O6S/c1-40(2,3)52-39(48)43-33-19-21-45(22-20-33)38(47)37-27-44(26-30-9-18-36(42-25-30)31-10-12-32(41)13-11-31)23-24-46(37)53(49,50)35-16-14-34(15-17-35)51-28-29-7-5-4-6-8-29/h9-18,25,29,33,37H,4-8,19-24,26-28H2,1-3H3,(H,43,48)/t37-/m0/s1. The predicted octanol–water partition coefficient (Wildman–Crippen LogP) is 6.24. The number of carbonyl (C=O) groups excluding carboxylic acids is 2. The zero-order valence-corrected chi connectivity index (χ0v) is 31.8. The van der Waals surface area contributed by atoms with Gasteiger partial charge in [-0.15, -0.1) is 0 Å². The predicted molar refractivity (Wildman–Crippen MR) is 200 cm³/mol. The molecule has 3 aliphatic rings. The maximum absolute atomic E-state index is 14.3. The average Bonchev–Trinajstić information content (AvgIpc) is 3.14. The van der Waals surface area contributed by atoms with Gasteiger partial charge in [0.15, 0.2) is 0 Å². The van der Waals surface area contributed by atoms with Gasteiger partial charge >= 0.3 is 6.09 Å². The molecule has 6 rings (SSSR count). The minimum atomic E-state index is -4.04. The minimum absolute atomic E-state index is 0.120. The summed E-state index contributed by atoms with van der Waals surface area (Å²) in [6, 6.07) is 15.4. The Morgan fingerprint density at radius 3 is 2.23 bits per heavy atom. The lowest BCUT2D eigenvalue weighted by Crippen LogP contribution is -2.61. The molecule has 3 aromatic rings. The Kier molecular flexibility index (Phi) is 12.4. The number of alkyl carbamates (subject to hydrolysis) is 1. The van der Waals surface area contributed by atoms with Crippen LogP contribution in [-0.4, -0.2) is 96.5 Å². The summed E-state index contributed by atoms with van der Waals surface area (Å²) in [5.74, 6) is 0.588. The van der Waals surface area contributed by atoms with Gasteiger partial charge in [0.1, 0.15) is 23.2 Å². The molecule has 1 aromatic heterocycles. The minimum Gasteiger partial charge on any atom is -0.493 e. The summed E-state index contributed by atoms with van der Waals surface area (Å²) in [6.45, 7) is 8.04. The van der Waals surface area contributed by atoms with Crippen molar-refractivity contribution in [1.82, 2.24) is 24.4 Å². The van der Waals surface area contributed by atoms with Crippen LogP contribution in [0.1, 0.15) is 71.3 Å². The third-order valence-electron chi connectivity index (χ3n) is 10.2. The Labute approximate surface area is 312 Å². The van der Waals surface area contributed by atoms with E-state index < -0.39 is 27.8 Å². The highest BCUT2D eigenvalue weighted by atomic mass is 32.2. The Balaban J connectivity index is 1.15. The quantitative estimate of drug-likeness (QED) is 0.259. The zero-order valence-electron chi connectivity index (χ0n) is 31.0. The molecule has 0 spiro atoms. The summed E-state index contributed by atoms with van der Waals surface area (Å²) in [6.07, 6.45) is 8.36. The van der Waals surface area contributed by atoms with Gasteiger partial charge in [-0.05, 0) is 113 Å². The molecule has 3 fully saturated rings. The second-order valence-corrected chi connectivity index (χ2v) is 17.3. The second kappa shape index (κ2) is 16.9. The lowest BCUT2D eigenvalue weighted by atomic mass is 9.90. The van der Waals surface area contributed by atoms with Crippen molar-refractivity contribution in [2.75, 3.05) is 39.3 Å². The van der Waals surface area contributed by atoms with Gasteiger partial charge in [0.2, 0.25) is 15.9 Å². The van der Waals surface area contributed by atoms with Crippen LogP contribution < -0.4 is 10.1 Å². The van der Waals surface area contributed by atoms with Crippen LogP contribution in [0.3, 0.4) is 0 Å². The third kappa shape index (κ3) is 10.3. The van der Waals surface area contributed by atoms with Gasteiger partial charge in [0, 0.05) is 57.1 Å². The van der Waals surface area contributed by atoms with Crippen molar-refractivity contribution < 1.29 is 31.9 Å². The first-order valence-corrected chi connectivity index (χ1v) is 20.2. The molecule has 2 aliphatic heterocycles. The highest BCUT2D eigenvalue weighted by molar-refractivity contribution is 7.89. The summed E-state index contributed by atoms with van der Waals surface area (Å²) in [7, 11) is -4.04. The Hall–Kier alpha value is -4.07. The van der Waals surface area contributed by atoms with Gasteiger partial charge in [-0.2, -0.15) is 4.31 Å². The van der Waals surface area contributed by atoms with E-state index in [4.69, 9.17) is 9.47 Å². The van der Waals surface area contributed by atoms with Crippen LogP contribution in [0.5, 0.6) is 5.75 Å². The number of piperazine rings is 1. The molecule has 0 radical (unpaired) electrons. The number of nitrogens with one attached hydrogen (secondary N) is 1. The third-order valence-corrected chi connectivity index (χ3v) is 12.2. The maximum Gasteiger partial charge on any atom is 0.407 e. The van der Waals surface area contributed by atoms with E-state index in [9.17, 15) is 22.4 Å². The molecule has 2 amide bonds. The number of hydrogen-bond acceptors (Lipinski definition) is 8. The molecule has 11 nitrogen and oxygen atoms in total. The number of rotatable bonds is 10. The molecular formula is C40H52FN5O6S. The molecule has 2 saturated heterocycles. The van der Waals surface area contributed by atoms with E-state index >= 15 is 0 Å². The van der Waals surface area contributed by atoms with Gasteiger partial charge in [-0.3, -0.25) is 14.7 Å². The Morgan fingerprint density at radius 1 is 0.887 bits per heavy atom. The van der Waals surface area contributed by atoms with E-state index in [1.54, 1.807) is 68.3 Å². The van der Waals surface area contributed by atoms with Crippen LogP contribution in [0.4, 0.5) is 9.18 Å². The number of likely N-dealkylation sites (tertiary alicyclic amines) is 1. The summed E-state index contributed by atoms with van der Waals surface area (Å²) < 4.78 is 54.7. The number of halogens is 1. The normalized spacial score (nSPS) is 19.8. The fourth-order valence-electron chi connectivity index (χ4n) is 7.36. The van der Waals surface area contributed by atoms with Gasteiger partial charge in [0.05, 0.1) is 17.2 Å². The Morgan fingerprint density at radius 2 is 1.58 bits per heavy atom. The van der Waals surface area contributed by atoms with Crippen molar-refractivity contribution in [3.63, 3.8) is 0 Å². The fourth-order valence-corrected chi connectivity index (χ4v) is 8.93. The zero-order chi connectivity index (χ0) is 37.6. The van der Waals surface area contributed by atoms with Crippen molar-refractivity contribution in [3.8, 4) is 17.0 Å². The highest BCUT2D eigenvalue weighted by Crippen LogP contribution is 2.28. The highest BCUT2D eigenvalue weighted by Gasteiger charge is 2.42. The number of ether oxygens (including phenoxy) is 2. The number of amides is 2. The van der Waals surface area contributed by atoms with Crippen LogP contribution in [0.25, 0.3) is 11.3 Å². The van der Waals surface area contributed by atoms with Gasteiger partial charge < -0.3 is 19.7 Å². The van der Waals surface area contributed by atoms with E-state index in [1.165, 1.54) is 35.7 Å². The van der Waals surface area contributed by atoms with Crippen molar-refractivity contribution >= 4 is 22.0 Å². The van der Waals surface area contributed by atoms with Crippen LogP contribution in [0.15, 0.2) is 71.8 Å². The van der Waals surface area contributed by atoms with E-state index in [0.29, 0.717) is 63.0 Å². The number of benzene rings is 2. The molecule has 286 valence electrons. The molecule has 1 saturated carbocycles. The van der Waals surface area contributed by atoms with Crippen LogP contribution in [-0.2, 0) is 26.1 Å². The fraction of sp³-hybridized carbons (Fsp3) is 0.525. The first kappa shape index (κ1) is 38.6. The molecule has 1 atom stereocenters. The lowest BCUT2D eigenvalue weighted by molar-refractivity contribution is -0.138. The number of aromatic nitrogens is 1. The molecule has 53 heavy (non-hydrogen) atoms. The SMILES string of the molecule is CC(C)(C)OC(=O)NC1CCN(C(=O)[C@@H]2CN(Cc3ccc(-c4ccc(F)cc4)nc3)CCN2S(=O)(=O)c2ccc(OCC3CCCCC3)cc2)CC1. The topological polar surface area (TPSA) is 121 Å². The summed E-state index contributed by atoms with van der Waals surface area (Å²) in [5, 5.41) is 2.91. The first-order valence-electron chi connectivity index (χ1n) is 18.8. The summed E-state index contributed by atoms with van der Waals surface area (Å²) in [5.41, 5.74) is 1.81. The van der Waals surface area contributed by atoms with E-state index in [0.717, 1.165) is 24.0 Å². The molecule has 3 heterocycles. The summed E-state index contributed by atoms with van der Waals surface area (Å²) >= 11 is 0. The molecule has 2 aromatic carbocycles. The van der Waals surface area contributed by atoms with Gasteiger partial charge in [0.25, 0.3) is 0 Å². The number of nitrogens with zero attached hydrogens (tertiary/aromatic N) is 4. The van der Waals surface area contributed by atoms with Crippen molar-refractivity contribution in [3.05, 3.63) is 78.2 Å². The largest absolute Gasteiger partial charge is 0.493 e. The van der Waals surface area contributed by atoms with Crippen molar-refractivity contribution in [2.45, 2.75) is 94.8 Å². The maximum atomic E-state index is 14.3. The smallest absolute Gasteiger partial charge is 0.407 e. The van der Waals surface area contributed by atoms with Gasteiger partial charge in [-0.1, -0.05) is 25.3 Å². The molecule has 0 unspecified atom stereocenters. The average molecular weight is 750 g/mol. The lowest BCUT2D eigenvalue weighted by Gasteiger charge is -2.42. The number of piperidine rings is 1. The Bertz CT molecular complexity index is 1790. The summed E-state index contributed by atoms with van der Waals surface area (Å²) in [4.78, 5) is 35.2. The first-order chi connectivity index (χ1) is 25.3. The second-order valence-electron chi connectivity index (χ2n) is 15.5. The molecule has 0 bridgehead atoms. The molecule has 1 aliphatic carbocycles. The number of pyridine rings is 1. The van der Waals surface area contributed by atoms with E-state index in [-0.39, 0.29) is 35.8 Å². The van der Waals surface area contributed by atoms with E-state index in [1.807, 2.05) is 12.1 Å².